The molecule has 1 aromatic heterocycles. The highest BCUT2D eigenvalue weighted by molar-refractivity contribution is 5.25. The quantitative estimate of drug-likeness (QED) is 0.649. The maximum Gasteiger partial charge on any atom is 0.234 e. The highest BCUT2D eigenvalue weighted by atomic mass is 16.5. The summed E-state index contributed by atoms with van der Waals surface area (Å²) in [4.78, 5) is 4.22. The number of piperidine rings is 1. The summed E-state index contributed by atoms with van der Waals surface area (Å²) in [6, 6.07) is 0. The Labute approximate surface area is 71.7 Å². The molecule has 0 bridgehead atoms. The average molecular weight is 166 g/mol. The van der Waals surface area contributed by atoms with Crippen LogP contribution in [-0.2, 0) is 5.41 Å². The highest BCUT2D eigenvalue weighted by Crippen LogP contribution is 2.55. The van der Waals surface area contributed by atoms with E-state index in [-0.39, 0.29) is 12.3 Å². The van der Waals surface area contributed by atoms with Gasteiger partial charge in [-0.3, -0.25) is 0 Å². The molecule has 0 aromatic carbocycles. The molecule has 2 fully saturated rings. The molecule has 1 unspecified atom stereocenters. The van der Waals surface area contributed by atoms with E-state index in [1.165, 1.54) is 6.42 Å². The number of nitrogens with one attached hydrogen (secondary N) is 1. The molecule has 2 atom stereocenters. The zero-order valence-corrected chi connectivity index (χ0v) is 6.71. The molecular weight excluding hydrogens is 154 g/mol. The van der Waals surface area contributed by atoms with Gasteiger partial charge in [0.2, 0.25) is 5.89 Å². The molecule has 0 spiro atoms. The van der Waals surface area contributed by atoms with Gasteiger partial charge in [-0.2, -0.15) is 4.98 Å². The summed E-state index contributed by atoms with van der Waals surface area (Å²) in [6.45, 7) is 2.13. The van der Waals surface area contributed by atoms with Crippen LogP contribution in [-0.4, -0.2) is 23.2 Å². The first-order valence-electron chi connectivity index (χ1n) is 4.89. The van der Waals surface area contributed by atoms with E-state index < -0.39 is 0 Å². The molecule has 1 aliphatic carbocycles. The summed E-state index contributed by atoms with van der Waals surface area (Å²) in [7, 11) is 0. The number of hydrogen-bond acceptors (Lipinski definition) is 4. The van der Waals surface area contributed by atoms with Crippen molar-refractivity contribution in [1.82, 2.24) is 15.5 Å². The molecule has 2 heterocycles. The standard InChI is InChI=1S/C8H11N3O/c1-5-10-7(12-11-5)8-2-6(8)3-9-4-8/h6,9H,2-4H2,1H3/t6?,8-/m1/s1/i1D. The lowest BCUT2D eigenvalue weighted by atomic mass is 10.1. The normalized spacial score (nSPS) is 39.3. The molecule has 2 aliphatic rings. The van der Waals surface area contributed by atoms with Crippen molar-refractivity contribution in [3.63, 3.8) is 0 Å². The van der Waals surface area contributed by atoms with Gasteiger partial charge in [-0.05, 0) is 25.8 Å². The minimum Gasteiger partial charge on any atom is -0.339 e. The molecule has 4 nitrogen and oxygen atoms in total. The minimum atomic E-state index is 0.109. The van der Waals surface area contributed by atoms with Gasteiger partial charge in [0, 0.05) is 7.92 Å². The van der Waals surface area contributed by atoms with Gasteiger partial charge in [-0.25, -0.2) is 0 Å². The number of hydrogen-bond donors (Lipinski definition) is 1. The number of aryl methyl sites for hydroxylation is 1. The molecule has 3 rings (SSSR count). The lowest BCUT2D eigenvalue weighted by Gasteiger charge is -2.02. The lowest BCUT2D eigenvalue weighted by Crippen LogP contribution is -2.19. The zero-order chi connectivity index (χ0) is 8.89. The molecule has 1 saturated carbocycles. The Morgan fingerprint density at radius 2 is 2.83 bits per heavy atom. The lowest BCUT2D eigenvalue weighted by molar-refractivity contribution is 0.343. The van der Waals surface area contributed by atoms with Gasteiger partial charge < -0.3 is 9.84 Å². The molecule has 64 valence electrons. The Balaban J connectivity index is 1.92. The molecule has 1 saturated heterocycles. The van der Waals surface area contributed by atoms with Gasteiger partial charge in [0.25, 0.3) is 0 Å². The molecule has 0 radical (unpaired) electrons. The van der Waals surface area contributed by atoms with Gasteiger partial charge in [0.05, 0.1) is 5.41 Å². The van der Waals surface area contributed by atoms with Crippen molar-refractivity contribution >= 4 is 0 Å². The smallest absolute Gasteiger partial charge is 0.234 e. The number of rotatable bonds is 1. The van der Waals surface area contributed by atoms with E-state index in [1.807, 2.05) is 0 Å². The van der Waals surface area contributed by atoms with Crippen LogP contribution in [0.2, 0.25) is 0 Å². The van der Waals surface area contributed by atoms with Crippen LogP contribution in [0.25, 0.3) is 0 Å². The second-order valence-electron chi connectivity index (χ2n) is 3.70. The van der Waals surface area contributed by atoms with Crippen molar-refractivity contribution in [3.8, 4) is 0 Å². The van der Waals surface area contributed by atoms with Crippen LogP contribution in [0.4, 0.5) is 0 Å². The van der Waals surface area contributed by atoms with Gasteiger partial charge in [-0.1, -0.05) is 5.16 Å². The average Bonchev–Trinajstić information content (AvgIpc) is 2.60. The van der Waals surface area contributed by atoms with Crippen LogP contribution < -0.4 is 5.32 Å². The number of fused-ring (bicyclic) bond motifs is 1. The SMILES string of the molecule is [2H]Cc1noc([C@]23CNCC2C3)n1. The van der Waals surface area contributed by atoms with Crippen LogP contribution in [0, 0.1) is 12.8 Å². The minimum absolute atomic E-state index is 0.109. The summed E-state index contributed by atoms with van der Waals surface area (Å²) in [5.41, 5.74) is 0.139. The Morgan fingerprint density at radius 3 is 3.42 bits per heavy atom. The third kappa shape index (κ3) is 0.659. The van der Waals surface area contributed by atoms with Crippen LogP contribution in [0.3, 0.4) is 0 Å². The summed E-state index contributed by atoms with van der Waals surface area (Å²) in [5, 5.41) is 7.06. The highest BCUT2D eigenvalue weighted by Gasteiger charge is 2.62. The molecule has 0 amide bonds. The largest absolute Gasteiger partial charge is 0.339 e. The maximum absolute atomic E-state index is 7.10. The van der Waals surface area contributed by atoms with E-state index in [0.717, 1.165) is 19.0 Å². The Kier molecular flexibility index (Phi) is 0.892. The van der Waals surface area contributed by atoms with Crippen LogP contribution in [0.15, 0.2) is 4.52 Å². The first kappa shape index (κ1) is 5.70. The molecule has 4 heteroatoms. The third-order valence-electron chi connectivity index (χ3n) is 2.96. The van der Waals surface area contributed by atoms with E-state index in [1.54, 1.807) is 0 Å². The predicted molar refractivity (Wildman–Crippen MR) is 41.7 cm³/mol. The predicted octanol–water partition coefficient (Wildman–Crippen LogP) is 0.239. The monoisotopic (exact) mass is 166 g/mol. The van der Waals surface area contributed by atoms with E-state index in [9.17, 15) is 0 Å². The summed E-state index contributed by atoms with van der Waals surface area (Å²) in [6.07, 6.45) is 1.17. The van der Waals surface area contributed by atoms with Gasteiger partial charge in [0.15, 0.2) is 5.82 Å². The topological polar surface area (TPSA) is 51.0 Å². The van der Waals surface area contributed by atoms with Crippen LogP contribution in [0.5, 0.6) is 0 Å². The summed E-state index contributed by atoms with van der Waals surface area (Å²) < 4.78 is 12.3. The second-order valence-corrected chi connectivity index (χ2v) is 3.70. The second kappa shape index (κ2) is 1.88. The van der Waals surface area contributed by atoms with E-state index in [2.05, 4.69) is 15.5 Å². The van der Waals surface area contributed by atoms with E-state index >= 15 is 0 Å². The van der Waals surface area contributed by atoms with Crippen molar-refractivity contribution in [2.24, 2.45) is 5.92 Å². The molecule has 12 heavy (non-hydrogen) atoms. The fourth-order valence-electron chi connectivity index (χ4n) is 2.13. The molecule has 1 aliphatic heterocycles. The van der Waals surface area contributed by atoms with Crippen molar-refractivity contribution in [3.05, 3.63) is 11.7 Å². The fraction of sp³-hybridized carbons (Fsp3) is 0.750. The summed E-state index contributed by atoms with van der Waals surface area (Å²) in [5.74, 6) is 1.93. The molecular formula is C8H11N3O. The maximum atomic E-state index is 7.10. The van der Waals surface area contributed by atoms with Crippen molar-refractivity contribution in [1.29, 1.82) is 0 Å². The van der Waals surface area contributed by atoms with Crippen molar-refractivity contribution in [2.75, 3.05) is 13.1 Å². The third-order valence-corrected chi connectivity index (χ3v) is 2.96. The van der Waals surface area contributed by atoms with Gasteiger partial charge >= 0.3 is 0 Å². The first-order valence-corrected chi connectivity index (χ1v) is 4.18. The Morgan fingerprint density at radius 1 is 1.83 bits per heavy atom. The summed E-state index contributed by atoms with van der Waals surface area (Å²) >= 11 is 0. The zero-order valence-electron chi connectivity index (χ0n) is 7.71. The molecule has 1 aromatic rings. The van der Waals surface area contributed by atoms with Crippen LogP contribution >= 0.6 is 0 Å². The van der Waals surface area contributed by atoms with Crippen molar-refractivity contribution < 1.29 is 5.89 Å². The van der Waals surface area contributed by atoms with E-state index in [0.29, 0.717) is 11.7 Å². The van der Waals surface area contributed by atoms with Crippen LogP contribution in [0.1, 0.15) is 19.5 Å². The van der Waals surface area contributed by atoms with Gasteiger partial charge in [-0.15, -0.1) is 0 Å². The molecule has 1 N–H and O–H groups in total. The Bertz CT molecular complexity index is 340. The van der Waals surface area contributed by atoms with Crippen molar-refractivity contribution in [2.45, 2.75) is 18.7 Å². The Hall–Kier alpha value is -0.900. The number of aromatic nitrogens is 2. The van der Waals surface area contributed by atoms with Gasteiger partial charge in [0.1, 0.15) is 0 Å². The number of nitrogens with zero attached hydrogens (tertiary/aromatic N) is 2. The fourth-order valence-corrected chi connectivity index (χ4v) is 2.13. The first-order chi connectivity index (χ1) is 6.35. The van der Waals surface area contributed by atoms with E-state index in [4.69, 9.17) is 5.89 Å².